The molecule has 1 nitrogen and oxygen atoms in total. The lowest BCUT2D eigenvalue weighted by Crippen LogP contribution is -2.26. The van der Waals surface area contributed by atoms with Gasteiger partial charge in [-0.1, -0.05) is 61.0 Å². The molecule has 1 aliphatic rings. The zero-order valence-electron chi connectivity index (χ0n) is 12.4. The Bertz CT molecular complexity index is 588. The number of rotatable bonds is 4. The minimum Gasteiger partial charge on any atom is -0.310 e. The van der Waals surface area contributed by atoms with Crippen LogP contribution in [-0.4, -0.2) is 6.54 Å². The third-order valence-electron chi connectivity index (χ3n) is 4.41. The lowest BCUT2D eigenvalue weighted by atomic mass is 9.87. The van der Waals surface area contributed by atoms with Crippen molar-refractivity contribution in [2.24, 2.45) is 0 Å². The minimum atomic E-state index is 0.434. The normalized spacial score (nSPS) is 18.8. The summed E-state index contributed by atoms with van der Waals surface area (Å²) in [5.74, 6) is 0.605. The summed E-state index contributed by atoms with van der Waals surface area (Å²) in [7, 11) is 0. The molecule has 0 amide bonds. The summed E-state index contributed by atoms with van der Waals surface area (Å²) in [6.07, 6.45) is 2.47. The maximum absolute atomic E-state index is 3.71. The van der Waals surface area contributed by atoms with Crippen LogP contribution >= 0.6 is 0 Å². The predicted octanol–water partition coefficient (Wildman–Crippen LogP) is 4.38. The molecule has 2 atom stereocenters. The molecule has 3 rings (SSSR count). The van der Waals surface area contributed by atoms with Crippen molar-refractivity contribution >= 4 is 0 Å². The Balaban J connectivity index is 1.96. The van der Waals surface area contributed by atoms with E-state index < -0.39 is 0 Å². The summed E-state index contributed by atoms with van der Waals surface area (Å²) in [6.45, 7) is 5.38. The zero-order valence-corrected chi connectivity index (χ0v) is 12.4. The van der Waals surface area contributed by atoms with Crippen molar-refractivity contribution in [2.45, 2.75) is 38.6 Å². The Morgan fingerprint density at radius 3 is 2.80 bits per heavy atom. The molecule has 0 heterocycles. The molecule has 0 aromatic heterocycles. The van der Waals surface area contributed by atoms with E-state index in [-0.39, 0.29) is 0 Å². The molecule has 2 unspecified atom stereocenters. The molecule has 20 heavy (non-hydrogen) atoms. The maximum atomic E-state index is 3.71. The fourth-order valence-corrected chi connectivity index (χ4v) is 3.51. The number of benzene rings is 2. The van der Waals surface area contributed by atoms with Crippen LogP contribution in [0.1, 0.15) is 47.6 Å². The first-order valence-corrected chi connectivity index (χ1v) is 7.67. The van der Waals surface area contributed by atoms with Crippen molar-refractivity contribution in [2.75, 3.05) is 6.54 Å². The van der Waals surface area contributed by atoms with E-state index in [2.05, 4.69) is 67.7 Å². The topological polar surface area (TPSA) is 12.0 Å². The van der Waals surface area contributed by atoms with Crippen LogP contribution in [0.25, 0.3) is 0 Å². The summed E-state index contributed by atoms with van der Waals surface area (Å²) >= 11 is 0. The molecule has 0 spiro atoms. The van der Waals surface area contributed by atoms with Crippen LogP contribution in [0.3, 0.4) is 0 Å². The van der Waals surface area contributed by atoms with Gasteiger partial charge < -0.3 is 5.32 Å². The van der Waals surface area contributed by atoms with E-state index in [1.807, 2.05) is 0 Å². The van der Waals surface area contributed by atoms with Crippen molar-refractivity contribution in [3.05, 3.63) is 70.8 Å². The number of hydrogen-bond donors (Lipinski definition) is 1. The summed E-state index contributed by atoms with van der Waals surface area (Å²) in [6, 6.07) is 18.3. The highest BCUT2D eigenvalue weighted by atomic mass is 14.9. The lowest BCUT2D eigenvalue weighted by Gasteiger charge is -2.26. The third kappa shape index (κ3) is 2.51. The Morgan fingerprint density at radius 2 is 2.00 bits per heavy atom. The molecule has 0 saturated heterocycles. The summed E-state index contributed by atoms with van der Waals surface area (Å²) in [5, 5.41) is 3.71. The van der Waals surface area contributed by atoms with Gasteiger partial charge >= 0.3 is 0 Å². The van der Waals surface area contributed by atoms with Gasteiger partial charge in [0.25, 0.3) is 0 Å². The Hall–Kier alpha value is -1.60. The fourth-order valence-electron chi connectivity index (χ4n) is 3.51. The number of fused-ring (bicyclic) bond motifs is 1. The molecule has 0 bridgehead atoms. The first kappa shape index (κ1) is 13.4. The van der Waals surface area contributed by atoms with Gasteiger partial charge in [0.05, 0.1) is 0 Å². The zero-order chi connectivity index (χ0) is 13.9. The molecule has 0 aliphatic heterocycles. The minimum absolute atomic E-state index is 0.434. The molecular weight excluding hydrogens is 242 g/mol. The first-order valence-electron chi connectivity index (χ1n) is 7.67. The summed E-state index contributed by atoms with van der Waals surface area (Å²) in [5.41, 5.74) is 5.85. The number of likely N-dealkylation sites (N-methyl/N-ethyl adjacent to an activating group) is 1. The van der Waals surface area contributed by atoms with Gasteiger partial charge in [-0.3, -0.25) is 0 Å². The van der Waals surface area contributed by atoms with Crippen LogP contribution in [0.15, 0.2) is 48.5 Å². The molecule has 0 radical (unpaired) electrons. The van der Waals surface area contributed by atoms with E-state index in [0.717, 1.165) is 6.54 Å². The lowest BCUT2D eigenvalue weighted by molar-refractivity contribution is 0.453. The second-order valence-electron chi connectivity index (χ2n) is 5.79. The molecule has 104 valence electrons. The number of hydrogen-bond acceptors (Lipinski definition) is 1. The molecule has 2 aromatic rings. The molecule has 0 saturated carbocycles. The van der Waals surface area contributed by atoms with E-state index >= 15 is 0 Å². The first-order chi connectivity index (χ1) is 9.79. The van der Waals surface area contributed by atoms with Crippen LogP contribution in [0.4, 0.5) is 0 Å². The Morgan fingerprint density at radius 1 is 1.15 bits per heavy atom. The average molecular weight is 265 g/mol. The van der Waals surface area contributed by atoms with Gasteiger partial charge in [0.15, 0.2) is 0 Å². The van der Waals surface area contributed by atoms with Crippen LogP contribution in [0.5, 0.6) is 0 Å². The smallest absolute Gasteiger partial charge is 0.0389 e. The molecule has 1 aliphatic carbocycles. The van der Waals surface area contributed by atoms with Gasteiger partial charge in [-0.05, 0) is 43.0 Å². The Kier molecular flexibility index (Phi) is 3.88. The highest BCUT2D eigenvalue weighted by molar-refractivity contribution is 5.38. The Labute approximate surface area is 122 Å². The van der Waals surface area contributed by atoms with Crippen LogP contribution < -0.4 is 5.32 Å². The van der Waals surface area contributed by atoms with Gasteiger partial charge in [0, 0.05) is 12.0 Å². The van der Waals surface area contributed by atoms with Crippen LogP contribution in [0.2, 0.25) is 0 Å². The van der Waals surface area contributed by atoms with Crippen molar-refractivity contribution in [1.29, 1.82) is 0 Å². The van der Waals surface area contributed by atoms with Gasteiger partial charge in [-0.25, -0.2) is 0 Å². The van der Waals surface area contributed by atoms with E-state index in [1.54, 1.807) is 5.56 Å². The highest BCUT2D eigenvalue weighted by Gasteiger charge is 2.29. The van der Waals surface area contributed by atoms with E-state index in [9.17, 15) is 0 Å². The monoisotopic (exact) mass is 265 g/mol. The SMILES string of the molecule is CCNC(c1cccc(C)c1)C1CCc2ccccc21. The predicted molar refractivity (Wildman–Crippen MR) is 85.1 cm³/mol. The quantitative estimate of drug-likeness (QED) is 0.865. The fraction of sp³-hybridized carbons (Fsp3) is 0.368. The largest absolute Gasteiger partial charge is 0.310 e. The second kappa shape index (κ2) is 5.80. The molecule has 0 fully saturated rings. The van der Waals surface area contributed by atoms with Gasteiger partial charge in [-0.2, -0.15) is 0 Å². The summed E-state index contributed by atoms with van der Waals surface area (Å²) < 4.78 is 0. The van der Waals surface area contributed by atoms with Crippen molar-refractivity contribution in [3.8, 4) is 0 Å². The molecule has 2 aromatic carbocycles. The van der Waals surface area contributed by atoms with Crippen molar-refractivity contribution in [1.82, 2.24) is 5.32 Å². The highest BCUT2D eigenvalue weighted by Crippen LogP contribution is 2.41. The molecule has 1 N–H and O–H groups in total. The number of aryl methyl sites for hydroxylation is 2. The van der Waals surface area contributed by atoms with Crippen LogP contribution in [0, 0.1) is 6.92 Å². The van der Waals surface area contributed by atoms with Crippen molar-refractivity contribution in [3.63, 3.8) is 0 Å². The van der Waals surface area contributed by atoms with Gasteiger partial charge in [0.2, 0.25) is 0 Å². The van der Waals surface area contributed by atoms with E-state index in [4.69, 9.17) is 0 Å². The average Bonchev–Trinajstić information content (AvgIpc) is 2.88. The standard InChI is InChI=1S/C19H23N/c1-3-20-19(16-9-6-7-14(2)13-16)18-12-11-15-8-4-5-10-17(15)18/h4-10,13,18-20H,3,11-12H2,1-2H3. The van der Waals surface area contributed by atoms with Gasteiger partial charge in [-0.15, -0.1) is 0 Å². The van der Waals surface area contributed by atoms with Crippen molar-refractivity contribution < 1.29 is 0 Å². The number of nitrogens with one attached hydrogen (secondary N) is 1. The van der Waals surface area contributed by atoms with Crippen LogP contribution in [-0.2, 0) is 6.42 Å². The van der Waals surface area contributed by atoms with E-state index in [1.165, 1.54) is 29.5 Å². The molecular formula is C19H23N. The maximum Gasteiger partial charge on any atom is 0.0389 e. The van der Waals surface area contributed by atoms with E-state index in [0.29, 0.717) is 12.0 Å². The summed E-state index contributed by atoms with van der Waals surface area (Å²) in [4.78, 5) is 0. The second-order valence-corrected chi connectivity index (χ2v) is 5.79. The molecule has 1 heteroatoms. The third-order valence-corrected chi connectivity index (χ3v) is 4.41. The van der Waals surface area contributed by atoms with Gasteiger partial charge in [0.1, 0.15) is 0 Å².